The molecule has 1 fully saturated rings. The van der Waals surface area contributed by atoms with Crippen molar-refractivity contribution in [2.75, 3.05) is 14.2 Å². The van der Waals surface area contributed by atoms with Crippen molar-refractivity contribution in [1.82, 2.24) is 0 Å². The lowest BCUT2D eigenvalue weighted by molar-refractivity contribution is -0.349. The minimum Gasteiger partial charge on any atom is -0.497 e. The summed E-state index contributed by atoms with van der Waals surface area (Å²) >= 11 is 3.36. The van der Waals surface area contributed by atoms with Crippen LogP contribution in [-0.4, -0.2) is 60.4 Å². The van der Waals surface area contributed by atoms with E-state index in [0.717, 1.165) is 18.2 Å². The Morgan fingerprint density at radius 3 is 2.05 bits per heavy atom. The first-order valence-corrected chi connectivity index (χ1v) is 13.1. The maximum atomic E-state index is 13.1. The third kappa shape index (κ3) is 6.84. The maximum absolute atomic E-state index is 13.1. The highest BCUT2D eigenvalue weighted by molar-refractivity contribution is 9.09. The first-order valence-electron chi connectivity index (χ1n) is 12.1. The van der Waals surface area contributed by atoms with E-state index in [9.17, 15) is 14.7 Å². The molecule has 1 N–H and O–H groups in total. The average molecular weight is 601 g/mol. The topological polar surface area (TPSA) is 110 Å². The van der Waals surface area contributed by atoms with Crippen LogP contribution in [0.2, 0.25) is 0 Å². The van der Waals surface area contributed by atoms with Crippen molar-refractivity contribution >= 4 is 27.9 Å². The van der Waals surface area contributed by atoms with Crippen LogP contribution >= 0.6 is 15.9 Å². The Balaban J connectivity index is 1.65. The normalized spacial score (nSPS) is 24.5. The molecule has 1 heterocycles. The number of benzene rings is 3. The number of methoxy groups -OCH3 is 2. The molecule has 1 saturated heterocycles. The Kier molecular flexibility index (Phi) is 9.71. The highest BCUT2D eigenvalue weighted by Crippen LogP contribution is 2.38. The van der Waals surface area contributed by atoms with Crippen molar-refractivity contribution in [3.05, 3.63) is 102 Å². The van der Waals surface area contributed by atoms with E-state index in [0.29, 0.717) is 11.3 Å². The van der Waals surface area contributed by atoms with Gasteiger partial charge in [-0.15, -0.1) is 0 Å². The van der Waals surface area contributed by atoms with Crippen LogP contribution in [0.3, 0.4) is 0 Å². The average Bonchev–Trinajstić information content (AvgIpc) is 2.98. The summed E-state index contributed by atoms with van der Waals surface area (Å²) in [5.41, 5.74) is 1.87. The fourth-order valence-corrected chi connectivity index (χ4v) is 4.77. The molecule has 0 unspecified atom stereocenters. The van der Waals surface area contributed by atoms with Gasteiger partial charge in [0.15, 0.2) is 6.10 Å². The van der Waals surface area contributed by atoms with Crippen molar-refractivity contribution in [1.29, 1.82) is 0 Å². The zero-order chi connectivity index (χ0) is 27.8. The van der Waals surface area contributed by atoms with Gasteiger partial charge in [0.1, 0.15) is 16.7 Å². The molecule has 9 nitrogen and oxygen atoms in total. The molecular weight excluding hydrogens is 572 g/mol. The molecule has 39 heavy (non-hydrogen) atoms. The zero-order valence-corrected chi connectivity index (χ0v) is 23.0. The summed E-state index contributed by atoms with van der Waals surface area (Å²) < 4.78 is 33.8. The lowest BCUT2D eigenvalue weighted by Crippen LogP contribution is -2.67. The lowest BCUT2D eigenvalue weighted by Gasteiger charge is -2.46. The van der Waals surface area contributed by atoms with Crippen LogP contribution in [0.4, 0.5) is 0 Å². The van der Waals surface area contributed by atoms with E-state index in [1.165, 1.54) is 0 Å². The van der Waals surface area contributed by atoms with Crippen molar-refractivity contribution in [2.24, 2.45) is 0 Å². The smallest absolute Gasteiger partial charge is 0.367 e. The largest absolute Gasteiger partial charge is 0.497 e. The Morgan fingerprint density at radius 2 is 1.44 bits per heavy atom. The number of aliphatic hydroxyl groups is 1. The molecule has 0 spiro atoms. The summed E-state index contributed by atoms with van der Waals surface area (Å²) in [5, 5.41) is 11.3. The van der Waals surface area contributed by atoms with Crippen molar-refractivity contribution < 1.29 is 43.1 Å². The van der Waals surface area contributed by atoms with Crippen molar-refractivity contribution in [3.63, 3.8) is 0 Å². The number of carbonyl (C=O) groups excluding carboxylic acids is 2. The van der Waals surface area contributed by atoms with E-state index in [4.69, 9.17) is 28.4 Å². The monoisotopic (exact) mass is 600 g/mol. The predicted molar refractivity (Wildman–Crippen MR) is 143 cm³/mol. The minimum atomic E-state index is -2.50. The van der Waals surface area contributed by atoms with Gasteiger partial charge in [-0.2, -0.15) is 0 Å². The van der Waals surface area contributed by atoms with Gasteiger partial charge in [0.05, 0.1) is 33.0 Å². The molecule has 1 aliphatic heterocycles. The molecule has 0 aliphatic carbocycles. The third-order valence-corrected chi connectivity index (χ3v) is 7.28. The highest BCUT2D eigenvalue weighted by Gasteiger charge is 2.60. The number of alkyl halides is 1. The van der Waals surface area contributed by atoms with E-state index < -0.39 is 41.1 Å². The van der Waals surface area contributed by atoms with Gasteiger partial charge in [0.25, 0.3) is 5.79 Å². The molecule has 10 heteroatoms. The van der Waals surface area contributed by atoms with E-state index >= 15 is 0 Å². The van der Waals surface area contributed by atoms with Gasteiger partial charge in [-0.05, 0) is 35.4 Å². The highest BCUT2D eigenvalue weighted by atomic mass is 79.9. The fraction of sp³-hybridized carbons (Fsp3) is 0.310. The Morgan fingerprint density at radius 1 is 0.846 bits per heavy atom. The van der Waals surface area contributed by atoms with E-state index in [-0.39, 0.29) is 13.2 Å². The van der Waals surface area contributed by atoms with Gasteiger partial charge in [-0.25, -0.2) is 9.59 Å². The molecule has 4 rings (SSSR count). The molecule has 3 aromatic rings. The number of halogens is 1. The second kappa shape index (κ2) is 13.2. The van der Waals surface area contributed by atoms with E-state index in [1.54, 1.807) is 49.6 Å². The van der Waals surface area contributed by atoms with E-state index in [2.05, 4.69) is 15.9 Å². The quantitative estimate of drug-likeness (QED) is 0.273. The lowest BCUT2D eigenvalue weighted by atomic mass is 9.98. The number of rotatable bonds is 10. The fourth-order valence-electron chi connectivity index (χ4n) is 4.02. The molecular formula is C29H29BrO9. The molecule has 0 amide bonds. The molecule has 0 aromatic heterocycles. The molecule has 5 atom stereocenters. The maximum Gasteiger partial charge on any atom is 0.367 e. The molecule has 0 bridgehead atoms. The number of ether oxygens (including phenoxy) is 6. The predicted octanol–water partition coefficient (Wildman–Crippen LogP) is 4.00. The van der Waals surface area contributed by atoms with Crippen LogP contribution in [0.1, 0.15) is 21.5 Å². The number of esters is 2. The van der Waals surface area contributed by atoms with Crippen LogP contribution in [0.15, 0.2) is 84.9 Å². The number of hydrogen-bond donors (Lipinski definition) is 1. The van der Waals surface area contributed by atoms with E-state index in [1.807, 2.05) is 42.5 Å². The Bertz CT molecular complexity index is 1220. The molecule has 0 radical (unpaired) electrons. The van der Waals surface area contributed by atoms with Crippen molar-refractivity contribution in [2.45, 2.75) is 42.3 Å². The van der Waals surface area contributed by atoms with Crippen LogP contribution in [0, 0.1) is 0 Å². The molecule has 0 saturated carbocycles. The Hall–Kier alpha value is -3.28. The Labute approximate surface area is 234 Å². The van der Waals surface area contributed by atoms with Crippen LogP contribution in [0.25, 0.3) is 0 Å². The van der Waals surface area contributed by atoms with Crippen LogP contribution < -0.4 is 4.74 Å². The van der Waals surface area contributed by atoms with Gasteiger partial charge < -0.3 is 33.5 Å². The molecule has 206 valence electrons. The number of carbonyl (C=O) groups is 2. The van der Waals surface area contributed by atoms with Gasteiger partial charge in [-0.1, -0.05) is 76.6 Å². The zero-order valence-electron chi connectivity index (χ0n) is 21.4. The first-order chi connectivity index (χ1) is 18.9. The second-order valence-electron chi connectivity index (χ2n) is 8.73. The molecule has 1 aliphatic rings. The summed E-state index contributed by atoms with van der Waals surface area (Å²) in [6, 6.07) is 24.8. The van der Waals surface area contributed by atoms with Gasteiger partial charge in [-0.3, -0.25) is 0 Å². The third-order valence-electron chi connectivity index (χ3n) is 6.14. The number of hydrogen-bond acceptors (Lipinski definition) is 9. The minimum absolute atomic E-state index is 0.0420. The second-order valence-corrected chi connectivity index (χ2v) is 9.72. The van der Waals surface area contributed by atoms with Gasteiger partial charge in [0.2, 0.25) is 6.29 Å². The summed E-state index contributed by atoms with van der Waals surface area (Å²) in [5.74, 6) is -3.55. The van der Waals surface area contributed by atoms with Crippen LogP contribution in [-0.2, 0) is 41.7 Å². The first kappa shape index (κ1) is 28.7. The van der Waals surface area contributed by atoms with Crippen LogP contribution in [0.5, 0.6) is 5.75 Å². The SMILES string of the molecule is COC(=O)[C@@]1(O)O[C@@H](OCc2ccccc2)[C@H](OC(=O)c2ccccc2)[C@@H](OCc2ccc(OC)cc2)[C@H]1Br. The molecule has 3 aromatic carbocycles. The summed E-state index contributed by atoms with van der Waals surface area (Å²) in [6.07, 6.45) is -3.68. The summed E-state index contributed by atoms with van der Waals surface area (Å²) in [4.78, 5) is 24.6. The summed E-state index contributed by atoms with van der Waals surface area (Å²) in [6.45, 7) is 0.0963. The standard InChI is InChI=1S/C29H29BrO9/c1-34-22-15-13-20(14-16-22)17-36-23-24(38-26(31)21-11-7-4-8-12-21)27(37-18-19-9-5-3-6-10-19)39-29(33,25(23)30)28(32)35-2/h3-16,23-25,27,33H,17-18H2,1-2H3/t23-,24-,25-,27-,29+/m1/s1. The summed E-state index contributed by atoms with van der Waals surface area (Å²) in [7, 11) is 2.69. The van der Waals surface area contributed by atoms with Gasteiger partial charge in [0, 0.05) is 0 Å². The van der Waals surface area contributed by atoms with Gasteiger partial charge >= 0.3 is 11.9 Å². The van der Waals surface area contributed by atoms with Crippen molar-refractivity contribution in [3.8, 4) is 5.75 Å².